The molecule has 0 saturated heterocycles. The molecule has 0 aliphatic rings. The maximum atomic E-state index is 10.5. The van der Waals surface area contributed by atoms with Crippen LogP contribution in [0.25, 0.3) is 0 Å². The van der Waals surface area contributed by atoms with E-state index in [4.69, 9.17) is 23.2 Å². The molecule has 0 fully saturated rings. The van der Waals surface area contributed by atoms with E-state index in [2.05, 4.69) is 10.3 Å². The number of hydrogen-bond acceptors (Lipinski definition) is 4. The summed E-state index contributed by atoms with van der Waals surface area (Å²) >= 11 is 11.8. The summed E-state index contributed by atoms with van der Waals surface area (Å²) in [7, 11) is 1.80. The van der Waals surface area contributed by atoms with E-state index in [0.29, 0.717) is 22.5 Å². The summed E-state index contributed by atoms with van der Waals surface area (Å²) < 4.78 is 1.75. The molecule has 2 heterocycles. The Balaban J connectivity index is 2.06. The molecule has 6 nitrogen and oxygen atoms in total. The third kappa shape index (κ3) is 2.97. The number of halogens is 2. The summed E-state index contributed by atoms with van der Waals surface area (Å²) in [6, 6.07) is 4.69. The van der Waals surface area contributed by atoms with Gasteiger partial charge in [-0.3, -0.25) is 10.1 Å². The Hall–Kier alpha value is -1.79. The molecule has 0 unspecified atom stereocenters. The Morgan fingerprint density at radius 2 is 2.21 bits per heavy atom. The minimum Gasteiger partial charge on any atom is -0.364 e. The number of nitrogens with one attached hydrogen (secondary N) is 1. The highest BCUT2D eigenvalue weighted by Crippen LogP contribution is 2.25. The van der Waals surface area contributed by atoms with Crippen molar-refractivity contribution in [2.75, 3.05) is 5.32 Å². The van der Waals surface area contributed by atoms with Gasteiger partial charge in [0.2, 0.25) is 0 Å². The molecule has 0 spiro atoms. The van der Waals surface area contributed by atoms with Gasteiger partial charge in [-0.05, 0) is 12.1 Å². The van der Waals surface area contributed by atoms with E-state index in [1.54, 1.807) is 23.7 Å². The lowest BCUT2D eigenvalue weighted by Gasteiger charge is -2.06. The Morgan fingerprint density at radius 1 is 1.47 bits per heavy atom. The van der Waals surface area contributed by atoms with Crippen LogP contribution in [0.4, 0.5) is 11.5 Å². The SMILES string of the molecule is Cn1c(CNc2ccc([N+](=O)[O-])cn2)cc(Cl)c1Cl. The topological polar surface area (TPSA) is 73.0 Å². The Kier molecular flexibility index (Phi) is 3.92. The van der Waals surface area contributed by atoms with E-state index >= 15 is 0 Å². The molecule has 0 radical (unpaired) electrons. The third-order valence-corrected chi connectivity index (χ3v) is 3.47. The van der Waals surface area contributed by atoms with Gasteiger partial charge in [-0.25, -0.2) is 4.98 Å². The first-order valence-corrected chi connectivity index (χ1v) is 6.08. The lowest BCUT2D eigenvalue weighted by molar-refractivity contribution is -0.385. The van der Waals surface area contributed by atoms with Crippen molar-refractivity contribution in [2.45, 2.75) is 6.54 Å². The van der Waals surface area contributed by atoms with Crippen LogP contribution in [0.1, 0.15) is 5.69 Å². The predicted molar refractivity (Wildman–Crippen MR) is 73.7 cm³/mol. The number of aromatic nitrogens is 2. The number of anilines is 1. The molecule has 0 aliphatic carbocycles. The molecule has 2 rings (SSSR count). The third-order valence-electron chi connectivity index (χ3n) is 2.63. The molecule has 0 aliphatic heterocycles. The van der Waals surface area contributed by atoms with Crippen molar-refractivity contribution in [3.63, 3.8) is 0 Å². The van der Waals surface area contributed by atoms with Crippen LogP contribution in [-0.2, 0) is 13.6 Å². The molecule has 19 heavy (non-hydrogen) atoms. The molecular formula is C11H10Cl2N4O2. The Labute approximate surface area is 119 Å². The zero-order valence-electron chi connectivity index (χ0n) is 9.93. The molecule has 0 atom stereocenters. The van der Waals surface area contributed by atoms with Gasteiger partial charge >= 0.3 is 0 Å². The summed E-state index contributed by atoms with van der Waals surface area (Å²) in [5.41, 5.74) is 0.839. The second-order valence-electron chi connectivity index (χ2n) is 3.85. The predicted octanol–water partition coefficient (Wildman–Crippen LogP) is 3.25. The van der Waals surface area contributed by atoms with Crippen molar-refractivity contribution in [1.29, 1.82) is 0 Å². The first-order chi connectivity index (χ1) is 8.99. The fraction of sp³-hybridized carbons (Fsp3) is 0.182. The molecule has 0 saturated carbocycles. The minimum absolute atomic E-state index is 0.0458. The Bertz CT molecular complexity index is 610. The average molecular weight is 301 g/mol. The van der Waals surface area contributed by atoms with Crippen LogP contribution < -0.4 is 5.32 Å². The van der Waals surface area contributed by atoms with Gasteiger partial charge in [0.25, 0.3) is 5.69 Å². The van der Waals surface area contributed by atoms with Crippen molar-refractivity contribution in [2.24, 2.45) is 7.05 Å². The summed E-state index contributed by atoms with van der Waals surface area (Å²) in [6.07, 6.45) is 1.20. The largest absolute Gasteiger partial charge is 0.364 e. The minimum atomic E-state index is -0.493. The van der Waals surface area contributed by atoms with E-state index < -0.39 is 4.92 Å². The number of nitrogens with zero attached hydrogens (tertiary/aromatic N) is 3. The van der Waals surface area contributed by atoms with Crippen LogP contribution in [0, 0.1) is 10.1 Å². The van der Waals surface area contributed by atoms with E-state index in [1.165, 1.54) is 12.3 Å². The monoisotopic (exact) mass is 300 g/mol. The van der Waals surface area contributed by atoms with Crippen LogP contribution in [0.15, 0.2) is 24.4 Å². The molecule has 8 heteroatoms. The highest BCUT2D eigenvalue weighted by atomic mass is 35.5. The summed E-state index contributed by atoms with van der Waals surface area (Å²) in [6.45, 7) is 0.466. The van der Waals surface area contributed by atoms with E-state index in [0.717, 1.165) is 5.69 Å². The summed E-state index contributed by atoms with van der Waals surface area (Å²) in [5, 5.41) is 14.5. The first kappa shape index (κ1) is 13.6. The van der Waals surface area contributed by atoms with Gasteiger partial charge in [0.05, 0.1) is 16.5 Å². The lowest BCUT2D eigenvalue weighted by Crippen LogP contribution is -2.05. The number of rotatable bonds is 4. The van der Waals surface area contributed by atoms with E-state index in [9.17, 15) is 10.1 Å². The van der Waals surface area contributed by atoms with Crippen molar-refractivity contribution in [1.82, 2.24) is 9.55 Å². The van der Waals surface area contributed by atoms with Gasteiger partial charge in [-0.15, -0.1) is 0 Å². The van der Waals surface area contributed by atoms with Gasteiger partial charge in [-0.1, -0.05) is 23.2 Å². The second-order valence-corrected chi connectivity index (χ2v) is 4.61. The van der Waals surface area contributed by atoms with E-state index in [-0.39, 0.29) is 5.69 Å². The lowest BCUT2D eigenvalue weighted by atomic mass is 10.4. The standard InChI is InChI=1S/C11H10Cl2N4O2/c1-16-8(4-9(12)11(16)13)6-15-10-3-2-7(5-14-10)17(18)19/h2-5H,6H2,1H3,(H,14,15). The molecular weight excluding hydrogens is 291 g/mol. The molecule has 0 amide bonds. The van der Waals surface area contributed by atoms with Crippen LogP contribution >= 0.6 is 23.2 Å². The normalized spacial score (nSPS) is 10.5. The van der Waals surface area contributed by atoms with Crippen molar-refractivity contribution in [3.8, 4) is 0 Å². The van der Waals surface area contributed by atoms with Crippen molar-refractivity contribution < 1.29 is 4.92 Å². The van der Waals surface area contributed by atoms with Gasteiger partial charge in [-0.2, -0.15) is 0 Å². The molecule has 0 aromatic carbocycles. The van der Waals surface area contributed by atoms with Crippen molar-refractivity contribution >= 4 is 34.7 Å². The molecule has 100 valence electrons. The van der Waals surface area contributed by atoms with Crippen LogP contribution in [0.2, 0.25) is 10.2 Å². The molecule has 2 aromatic heterocycles. The first-order valence-electron chi connectivity index (χ1n) is 5.33. The van der Waals surface area contributed by atoms with Crippen LogP contribution in [-0.4, -0.2) is 14.5 Å². The van der Waals surface area contributed by atoms with Gasteiger partial charge in [0.1, 0.15) is 17.2 Å². The van der Waals surface area contributed by atoms with Crippen molar-refractivity contribution in [3.05, 3.63) is 50.4 Å². The zero-order valence-corrected chi connectivity index (χ0v) is 11.4. The smallest absolute Gasteiger partial charge is 0.287 e. The number of hydrogen-bond donors (Lipinski definition) is 1. The maximum Gasteiger partial charge on any atom is 0.287 e. The molecule has 0 bridgehead atoms. The maximum absolute atomic E-state index is 10.5. The van der Waals surface area contributed by atoms with E-state index in [1.807, 2.05) is 0 Å². The quantitative estimate of drug-likeness (QED) is 0.695. The average Bonchev–Trinajstić information content (AvgIpc) is 2.64. The number of nitro groups is 1. The Morgan fingerprint density at radius 3 is 2.68 bits per heavy atom. The van der Waals surface area contributed by atoms with Crippen LogP contribution in [0.5, 0.6) is 0 Å². The van der Waals surface area contributed by atoms with Gasteiger partial charge in [0.15, 0.2) is 0 Å². The molecule has 1 N–H and O–H groups in total. The molecule has 2 aromatic rings. The fourth-order valence-electron chi connectivity index (χ4n) is 1.54. The van der Waals surface area contributed by atoms with Gasteiger partial charge < -0.3 is 9.88 Å². The summed E-state index contributed by atoms with van der Waals surface area (Å²) in [4.78, 5) is 13.9. The fourth-order valence-corrected chi connectivity index (χ4v) is 1.95. The second kappa shape index (κ2) is 5.46. The highest BCUT2D eigenvalue weighted by Gasteiger charge is 2.09. The van der Waals surface area contributed by atoms with Crippen LogP contribution in [0.3, 0.4) is 0 Å². The zero-order chi connectivity index (χ0) is 14.0. The summed E-state index contributed by atoms with van der Waals surface area (Å²) in [5.74, 6) is 0.541. The highest BCUT2D eigenvalue weighted by molar-refractivity contribution is 6.41. The number of pyridine rings is 1. The van der Waals surface area contributed by atoms with Gasteiger partial charge in [0, 0.05) is 18.8 Å².